The second kappa shape index (κ2) is 5.33. The van der Waals surface area contributed by atoms with Crippen LogP contribution in [-0.4, -0.2) is 17.8 Å². The van der Waals surface area contributed by atoms with Crippen LogP contribution < -0.4 is 5.32 Å². The number of aliphatic hydroxyl groups excluding tert-OH is 1. The van der Waals surface area contributed by atoms with E-state index < -0.39 is 0 Å². The van der Waals surface area contributed by atoms with Gasteiger partial charge in [0.25, 0.3) is 0 Å². The Balaban J connectivity index is 2.67. The molecule has 2 atom stereocenters. The first-order chi connectivity index (χ1) is 7.08. The summed E-state index contributed by atoms with van der Waals surface area (Å²) in [6, 6.07) is 2.44. The average Bonchev–Trinajstić information content (AvgIpc) is 2.54. The lowest BCUT2D eigenvalue weighted by Crippen LogP contribution is -2.33. The third-order valence-corrected chi connectivity index (χ3v) is 2.74. The summed E-state index contributed by atoms with van der Waals surface area (Å²) in [5.41, 5.74) is 1.18. The van der Waals surface area contributed by atoms with Crippen molar-refractivity contribution in [2.45, 2.75) is 46.2 Å². The number of rotatable bonds is 5. The largest absolute Gasteiger partial charge is 0.466 e. The maximum absolute atomic E-state index is 9.11. The Morgan fingerprint density at radius 2 is 2.13 bits per heavy atom. The Bertz CT molecular complexity index is 303. The third kappa shape index (κ3) is 3.08. The first-order valence-corrected chi connectivity index (χ1v) is 5.52. The molecular formula is C12H21NO2. The van der Waals surface area contributed by atoms with Crippen molar-refractivity contribution in [2.24, 2.45) is 0 Å². The van der Waals surface area contributed by atoms with E-state index >= 15 is 0 Å². The lowest BCUT2D eigenvalue weighted by atomic mass is 10.1. The summed E-state index contributed by atoms with van der Waals surface area (Å²) < 4.78 is 5.48. The smallest absolute Gasteiger partial charge is 0.105 e. The molecule has 15 heavy (non-hydrogen) atoms. The Kier molecular flexibility index (Phi) is 4.36. The minimum atomic E-state index is 0.162. The fraction of sp³-hybridized carbons (Fsp3) is 0.667. The molecule has 0 bridgehead atoms. The van der Waals surface area contributed by atoms with Crippen molar-refractivity contribution in [3.63, 3.8) is 0 Å². The van der Waals surface area contributed by atoms with Crippen LogP contribution >= 0.6 is 0 Å². The molecule has 0 aliphatic carbocycles. The van der Waals surface area contributed by atoms with E-state index in [1.807, 2.05) is 13.8 Å². The second-order valence-corrected chi connectivity index (χ2v) is 4.04. The van der Waals surface area contributed by atoms with Crippen molar-refractivity contribution in [3.05, 3.63) is 23.2 Å². The molecular weight excluding hydrogens is 190 g/mol. The van der Waals surface area contributed by atoms with Gasteiger partial charge >= 0.3 is 0 Å². The first-order valence-electron chi connectivity index (χ1n) is 5.52. The molecule has 3 heteroatoms. The van der Waals surface area contributed by atoms with E-state index in [2.05, 4.69) is 25.2 Å². The molecule has 0 aliphatic rings. The average molecular weight is 211 g/mol. The molecule has 0 aromatic carbocycles. The SMILES string of the molecule is CC[C@H](CO)NC(C)c1cc(C)oc1C. The van der Waals surface area contributed by atoms with Gasteiger partial charge in [-0.1, -0.05) is 6.92 Å². The van der Waals surface area contributed by atoms with Crippen molar-refractivity contribution >= 4 is 0 Å². The van der Waals surface area contributed by atoms with Gasteiger partial charge in [0.1, 0.15) is 11.5 Å². The van der Waals surface area contributed by atoms with E-state index in [-0.39, 0.29) is 18.7 Å². The summed E-state index contributed by atoms with van der Waals surface area (Å²) in [6.45, 7) is 8.26. The Hall–Kier alpha value is -0.800. The van der Waals surface area contributed by atoms with Gasteiger partial charge in [0, 0.05) is 17.6 Å². The molecule has 0 aliphatic heterocycles. The summed E-state index contributed by atoms with van der Waals surface area (Å²) in [4.78, 5) is 0. The molecule has 3 nitrogen and oxygen atoms in total. The Labute approximate surface area is 91.5 Å². The van der Waals surface area contributed by atoms with Gasteiger partial charge in [-0.3, -0.25) is 0 Å². The van der Waals surface area contributed by atoms with Crippen molar-refractivity contribution in [1.82, 2.24) is 5.32 Å². The Morgan fingerprint density at radius 3 is 2.53 bits per heavy atom. The minimum Gasteiger partial charge on any atom is -0.466 e. The summed E-state index contributed by atoms with van der Waals surface area (Å²) in [5, 5.41) is 12.5. The van der Waals surface area contributed by atoms with Gasteiger partial charge in [-0.05, 0) is 33.3 Å². The molecule has 1 rings (SSSR count). The molecule has 0 amide bonds. The highest BCUT2D eigenvalue weighted by Crippen LogP contribution is 2.21. The quantitative estimate of drug-likeness (QED) is 0.785. The van der Waals surface area contributed by atoms with Crippen molar-refractivity contribution < 1.29 is 9.52 Å². The van der Waals surface area contributed by atoms with Crippen molar-refractivity contribution in [1.29, 1.82) is 0 Å². The summed E-state index contributed by atoms with van der Waals surface area (Å²) >= 11 is 0. The fourth-order valence-corrected chi connectivity index (χ4v) is 1.82. The number of aliphatic hydroxyl groups is 1. The molecule has 0 saturated heterocycles. The normalized spacial score (nSPS) is 15.3. The van der Waals surface area contributed by atoms with Crippen LogP contribution in [-0.2, 0) is 0 Å². The topological polar surface area (TPSA) is 45.4 Å². The lowest BCUT2D eigenvalue weighted by molar-refractivity contribution is 0.230. The van der Waals surface area contributed by atoms with Crippen LogP contribution in [0.3, 0.4) is 0 Å². The zero-order chi connectivity index (χ0) is 11.4. The molecule has 0 spiro atoms. The molecule has 1 aromatic rings. The summed E-state index contributed by atoms with van der Waals surface area (Å²) in [6.07, 6.45) is 0.927. The molecule has 0 radical (unpaired) electrons. The van der Waals surface area contributed by atoms with E-state index in [1.54, 1.807) is 0 Å². The first kappa shape index (κ1) is 12.3. The lowest BCUT2D eigenvalue weighted by Gasteiger charge is -2.20. The van der Waals surface area contributed by atoms with Crippen LogP contribution in [0.1, 0.15) is 43.4 Å². The number of aryl methyl sites for hydroxylation is 2. The van der Waals surface area contributed by atoms with Crippen LogP contribution in [0.4, 0.5) is 0 Å². The third-order valence-electron chi connectivity index (χ3n) is 2.74. The van der Waals surface area contributed by atoms with Crippen LogP contribution in [0.15, 0.2) is 10.5 Å². The summed E-state index contributed by atoms with van der Waals surface area (Å²) in [7, 11) is 0. The molecule has 0 fully saturated rings. The van der Waals surface area contributed by atoms with Crippen LogP contribution in [0.2, 0.25) is 0 Å². The standard InChI is InChI=1S/C12H21NO2/c1-5-11(7-14)13-9(3)12-6-8(2)15-10(12)4/h6,9,11,13-14H,5,7H2,1-4H3/t9?,11-/m1/s1. The second-order valence-electron chi connectivity index (χ2n) is 4.04. The van der Waals surface area contributed by atoms with Gasteiger partial charge in [0.15, 0.2) is 0 Å². The zero-order valence-electron chi connectivity index (χ0n) is 10.0. The minimum absolute atomic E-state index is 0.162. The van der Waals surface area contributed by atoms with Crippen molar-refractivity contribution in [3.8, 4) is 0 Å². The van der Waals surface area contributed by atoms with E-state index in [1.165, 1.54) is 5.56 Å². The molecule has 86 valence electrons. The van der Waals surface area contributed by atoms with Gasteiger partial charge in [0.05, 0.1) is 6.61 Å². The molecule has 2 N–H and O–H groups in total. The van der Waals surface area contributed by atoms with Crippen LogP contribution in [0.25, 0.3) is 0 Å². The van der Waals surface area contributed by atoms with Gasteiger partial charge < -0.3 is 14.8 Å². The van der Waals surface area contributed by atoms with Gasteiger partial charge in [-0.15, -0.1) is 0 Å². The van der Waals surface area contributed by atoms with E-state index in [0.29, 0.717) is 0 Å². The molecule has 1 heterocycles. The van der Waals surface area contributed by atoms with Gasteiger partial charge in [0.2, 0.25) is 0 Å². The molecule has 1 unspecified atom stereocenters. The zero-order valence-corrected chi connectivity index (χ0v) is 10.0. The van der Waals surface area contributed by atoms with E-state index in [4.69, 9.17) is 9.52 Å². The predicted molar refractivity (Wildman–Crippen MR) is 60.9 cm³/mol. The van der Waals surface area contributed by atoms with Crippen LogP contribution in [0, 0.1) is 13.8 Å². The highest BCUT2D eigenvalue weighted by atomic mass is 16.3. The monoisotopic (exact) mass is 211 g/mol. The molecule has 0 saturated carbocycles. The van der Waals surface area contributed by atoms with Gasteiger partial charge in [-0.2, -0.15) is 0 Å². The number of nitrogens with one attached hydrogen (secondary N) is 1. The highest BCUT2D eigenvalue weighted by molar-refractivity contribution is 5.23. The van der Waals surface area contributed by atoms with Gasteiger partial charge in [-0.25, -0.2) is 0 Å². The predicted octanol–water partition coefficient (Wildman–Crippen LogP) is 2.32. The number of furan rings is 1. The van der Waals surface area contributed by atoms with Crippen molar-refractivity contribution in [2.75, 3.05) is 6.61 Å². The van der Waals surface area contributed by atoms with E-state index in [0.717, 1.165) is 17.9 Å². The maximum atomic E-state index is 9.11. The molecule has 1 aromatic heterocycles. The summed E-state index contributed by atoms with van der Waals surface area (Å²) in [5.74, 6) is 1.90. The maximum Gasteiger partial charge on any atom is 0.105 e. The Morgan fingerprint density at radius 1 is 1.47 bits per heavy atom. The highest BCUT2D eigenvalue weighted by Gasteiger charge is 2.15. The van der Waals surface area contributed by atoms with Crippen LogP contribution in [0.5, 0.6) is 0 Å². The number of hydrogen-bond acceptors (Lipinski definition) is 3. The van der Waals surface area contributed by atoms with E-state index in [9.17, 15) is 0 Å². The number of hydrogen-bond donors (Lipinski definition) is 2. The fourth-order valence-electron chi connectivity index (χ4n) is 1.82.